The van der Waals surface area contributed by atoms with Crippen LogP contribution in [0.2, 0.25) is 0 Å². The number of nitrogens with zero attached hydrogens (tertiary/aromatic N) is 1. The Morgan fingerprint density at radius 3 is 2.93 bits per heavy atom. The van der Waals surface area contributed by atoms with Crippen LogP contribution in [0, 0.1) is 0 Å². The largest absolute Gasteiger partial charge is 0.368 e. The van der Waals surface area contributed by atoms with E-state index in [9.17, 15) is 4.79 Å². The molecule has 1 saturated heterocycles. The second kappa shape index (κ2) is 4.35. The van der Waals surface area contributed by atoms with Crippen molar-refractivity contribution >= 4 is 27.4 Å². The van der Waals surface area contributed by atoms with Gasteiger partial charge in [-0.1, -0.05) is 22.0 Å². The second-order valence-corrected chi connectivity index (χ2v) is 4.93. The van der Waals surface area contributed by atoms with Gasteiger partial charge in [0.1, 0.15) is 5.78 Å². The summed E-state index contributed by atoms with van der Waals surface area (Å²) in [4.78, 5) is 13.6. The number of hydrogen-bond donors (Lipinski definition) is 0. The van der Waals surface area contributed by atoms with Crippen LogP contribution >= 0.6 is 15.9 Å². The first-order valence-electron chi connectivity index (χ1n) is 5.21. The zero-order valence-electron chi connectivity index (χ0n) is 8.74. The van der Waals surface area contributed by atoms with Crippen LogP contribution in [-0.4, -0.2) is 18.4 Å². The topological polar surface area (TPSA) is 20.3 Å². The molecular formula is C12H14BrNO. The molecule has 0 amide bonds. The second-order valence-electron chi connectivity index (χ2n) is 4.02. The quantitative estimate of drug-likeness (QED) is 0.780. The fourth-order valence-corrected chi connectivity index (χ4v) is 2.43. The molecule has 1 aliphatic heterocycles. The van der Waals surface area contributed by atoms with Crippen LogP contribution in [0.3, 0.4) is 0 Å². The van der Waals surface area contributed by atoms with Crippen molar-refractivity contribution in [3.8, 4) is 0 Å². The SMILES string of the molecule is CC1CC(=O)CCN1c1cccc(Br)c1. The monoisotopic (exact) mass is 267 g/mol. The lowest BCUT2D eigenvalue weighted by atomic mass is 10.0. The van der Waals surface area contributed by atoms with Gasteiger partial charge < -0.3 is 4.90 Å². The minimum absolute atomic E-state index is 0.320. The summed E-state index contributed by atoms with van der Waals surface area (Å²) in [6, 6.07) is 8.57. The lowest BCUT2D eigenvalue weighted by Gasteiger charge is -2.34. The van der Waals surface area contributed by atoms with E-state index in [1.54, 1.807) is 0 Å². The van der Waals surface area contributed by atoms with Crippen LogP contribution in [0.5, 0.6) is 0 Å². The fraction of sp³-hybridized carbons (Fsp3) is 0.417. The molecule has 3 heteroatoms. The van der Waals surface area contributed by atoms with Crippen molar-refractivity contribution in [3.63, 3.8) is 0 Å². The molecule has 0 spiro atoms. The number of carbonyl (C=O) groups is 1. The Labute approximate surface area is 98.4 Å². The van der Waals surface area contributed by atoms with Gasteiger partial charge in [0.2, 0.25) is 0 Å². The molecule has 2 nitrogen and oxygen atoms in total. The Balaban J connectivity index is 2.20. The maximum Gasteiger partial charge on any atom is 0.136 e. The number of Topliss-reactive ketones (excluding diaryl/α,β-unsaturated/α-hetero) is 1. The average molecular weight is 268 g/mol. The first-order valence-corrected chi connectivity index (χ1v) is 6.00. The molecule has 1 heterocycles. The Morgan fingerprint density at radius 1 is 1.47 bits per heavy atom. The molecule has 1 aliphatic rings. The summed E-state index contributed by atoms with van der Waals surface area (Å²) >= 11 is 3.47. The molecule has 1 fully saturated rings. The van der Waals surface area contributed by atoms with E-state index in [0.717, 1.165) is 11.0 Å². The van der Waals surface area contributed by atoms with Gasteiger partial charge in [-0.15, -0.1) is 0 Å². The molecule has 0 bridgehead atoms. The van der Waals surface area contributed by atoms with E-state index in [1.807, 2.05) is 12.1 Å². The average Bonchev–Trinajstić information content (AvgIpc) is 2.17. The lowest BCUT2D eigenvalue weighted by molar-refractivity contribution is -0.120. The highest BCUT2D eigenvalue weighted by atomic mass is 79.9. The van der Waals surface area contributed by atoms with Crippen LogP contribution in [0.25, 0.3) is 0 Å². The number of rotatable bonds is 1. The van der Waals surface area contributed by atoms with Crippen LogP contribution in [-0.2, 0) is 4.79 Å². The van der Waals surface area contributed by atoms with E-state index in [2.05, 4.69) is 39.9 Å². The van der Waals surface area contributed by atoms with Gasteiger partial charge in [-0.2, -0.15) is 0 Å². The molecular weight excluding hydrogens is 254 g/mol. The molecule has 1 aromatic carbocycles. The summed E-state index contributed by atoms with van der Waals surface area (Å²) < 4.78 is 1.09. The van der Waals surface area contributed by atoms with Crippen LogP contribution in [0.15, 0.2) is 28.7 Å². The van der Waals surface area contributed by atoms with Crippen LogP contribution < -0.4 is 4.90 Å². The summed E-state index contributed by atoms with van der Waals surface area (Å²) in [5.41, 5.74) is 1.20. The molecule has 0 radical (unpaired) electrons. The minimum atomic E-state index is 0.320. The molecule has 0 aromatic heterocycles. The van der Waals surface area contributed by atoms with Crippen molar-refractivity contribution in [1.29, 1.82) is 0 Å². The number of halogens is 1. The van der Waals surface area contributed by atoms with Crippen LogP contribution in [0.4, 0.5) is 5.69 Å². The molecule has 0 N–H and O–H groups in total. The van der Waals surface area contributed by atoms with Crippen molar-refractivity contribution in [2.24, 2.45) is 0 Å². The number of hydrogen-bond acceptors (Lipinski definition) is 2. The molecule has 1 aromatic rings. The number of ketones is 1. The number of piperidine rings is 1. The van der Waals surface area contributed by atoms with Crippen molar-refractivity contribution in [2.75, 3.05) is 11.4 Å². The summed E-state index contributed by atoms with van der Waals surface area (Å²) in [5.74, 6) is 0.383. The van der Waals surface area contributed by atoms with Gasteiger partial charge in [-0.3, -0.25) is 4.79 Å². The van der Waals surface area contributed by atoms with Gasteiger partial charge in [-0.25, -0.2) is 0 Å². The molecule has 2 rings (SSSR count). The van der Waals surface area contributed by atoms with Crippen molar-refractivity contribution in [2.45, 2.75) is 25.8 Å². The van der Waals surface area contributed by atoms with Crippen molar-refractivity contribution in [3.05, 3.63) is 28.7 Å². The summed E-state index contributed by atoms with van der Waals surface area (Å²) in [7, 11) is 0. The third-order valence-corrected chi connectivity index (χ3v) is 3.32. The Bertz CT molecular complexity index is 378. The third kappa shape index (κ3) is 2.40. The van der Waals surface area contributed by atoms with E-state index in [4.69, 9.17) is 0 Å². The number of benzene rings is 1. The summed E-state index contributed by atoms with van der Waals surface area (Å²) in [5, 5.41) is 0. The molecule has 15 heavy (non-hydrogen) atoms. The zero-order valence-corrected chi connectivity index (χ0v) is 10.3. The normalized spacial score (nSPS) is 21.9. The third-order valence-electron chi connectivity index (χ3n) is 2.83. The standard InChI is InChI=1S/C12H14BrNO/c1-9-7-12(15)5-6-14(9)11-4-2-3-10(13)8-11/h2-4,8-9H,5-7H2,1H3. The van der Waals surface area contributed by atoms with Gasteiger partial charge in [0.25, 0.3) is 0 Å². The fourth-order valence-electron chi connectivity index (χ4n) is 2.05. The van der Waals surface area contributed by atoms with Gasteiger partial charge in [0.15, 0.2) is 0 Å². The zero-order chi connectivity index (χ0) is 10.8. The van der Waals surface area contributed by atoms with Crippen molar-refractivity contribution in [1.82, 2.24) is 0 Å². The predicted molar refractivity (Wildman–Crippen MR) is 65.2 cm³/mol. The highest BCUT2D eigenvalue weighted by Gasteiger charge is 2.23. The highest BCUT2D eigenvalue weighted by Crippen LogP contribution is 2.25. The molecule has 0 aliphatic carbocycles. The first-order chi connectivity index (χ1) is 7.16. The lowest BCUT2D eigenvalue weighted by Crippen LogP contribution is -2.41. The van der Waals surface area contributed by atoms with Gasteiger partial charge >= 0.3 is 0 Å². The van der Waals surface area contributed by atoms with Gasteiger partial charge in [0.05, 0.1) is 0 Å². The predicted octanol–water partition coefficient (Wildman–Crippen LogP) is 3.01. The van der Waals surface area contributed by atoms with E-state index in [0.29, 0.717) is 24.7 Å². The van der Waals surface area contributed by atoms with E-state index in [1.165, 1.54) is 5.69 Å². The first kappa shape index (κ1) is 10.7. The van der Waals surface area contributed by atoms with Gasteiger partial charge in [-0.05, 0) is 25.1 Å². The minimum Gasteiger partial charge on any atom is -0.368 e. The molecule has 1 atom stereocenters. The van der Waals surface area contributed by atoms with E-state index < -0.39 is 0 Å². The Kier molecular flexibility index (Phi) is 3.10. The Morgan fingerprint density at radius 2 is 2.27 bits per heavy atom. The van der Waals surface area contributed by atoms with Crippen molar-refractivity contribution < 1.29 is 4.79 Å². The molecule has 1 unspecified atom stereocenters. The number of carbonyl (C=O) groups excluding carboxylic acids is 1. The van der Waals surface area contributed by atoms with Gasteiger partial charge in [0, 0.05) is 35.6 Å². The van der Waals surface area contributed by atoms with E-state index in [-0.39, 0.29) is 0 Å². The maximum absolute atomic E-state index is 11.3. The summed E-state index contributed by atoms with van der Waals surface area (Å²) in [6.45, 7) is 2.95. The molecule has 80 valence electrons. The number of anilines is 1. The molecule has 0 saturated carbocycles. The van der Waals surface area contributed by atoms with E-state index >= 15 is 0 Å². The Hall–Kier alpha value is -0.830. The summed E-state index contributed by atoms with van der Waals surface area (Å²) in [6.07, 6.45) is 1.35. The maximum atomic E-state index is 11.3. The highest BCUT2D eigenvalue weighted by molar-refractivity contribution is 9.10. The van der Waals surface area contributed by atoms with Crippen LogP contribution in [0.1, 0.15) is 19.8 Å². The smallest absolute Gasteiger partial charge is 0.136 e.